The molecule has 1 aromatic heterocycles. The molecule has 5 heteroatoms. The maximum Gasteiger partial charge on any atom is 0.356 e. The molecule has 0 amide bonds. The molecular weight excluding hydrogens is 218 g/mol. The Hall–Kier alpha value is -1.62. The van der Waals surface area contributed by atoms with Crippen molar-refractivity contribution in [2.45, 2.75) is 13.0 Å². The summed E-state index contributed by atoms with van der Waals surface area (Å²) in [5.74, 6) is -0.966. The number of carboxylic acids is 1. The van der Waals surface area contributed by atoms with Gasteiger partial charge in [0.05, 0.1) is 5.69 Å². The molecule has 1 unspecified atom stereocenters. The average Bonchev–Trinajstić information content (AvgIpc) is 2.32. The van der Waals surface area contributed by atoms with Gasteiger partial charge in [-0.3, -0.25) is 0 Å². The van der Waals surface area contributed by atoms with E-state index in [1.54, 1.807) is 6.07 Å². The highest BCUT2D eigenvalue weighted by atomic mass is 16.4. The van der Waals surface area contributed by atoms with E-state index in [0.29, 0.717) is 6.04 Å². The summed E-state index contributed by atoms with van der Waals surface area (Å²) in [4.78, 5) is 19.4. The van der Waals surface area contributed by atoms with Gasteiger partial charge in [-0.15, -0.1) is 0 Å². The molecule has 92 valence electrons. The van der Waals surface area contributed by atoms with Gasteiger partial charge in [0, 0.05) is 31.9 Å². The van der Waals surface area contributed by atoms with Crippen molar-refractivity contribution in [1.82, 2.24) is 9.88 Å². The minimum absolute atomic E-state index is 0.143. The Kier molecular flexibility index (Phi) is 3.28. The van der Waals surface area contributed by atoms with Gasteiger partial charge < -0.3 is 14.9 Å². The smallest absolute Gasteiger partial charge is 0.356 e. The van der Waals surface area contributed by atoms with E-state index >= 15 is 0 Å². The molecule has 1 fully saturated rings. The first-order chi connectivity index (χ1) is 8.09. The number of hydrogen-bond donors (Lipinski definition) is 1. The Labute approximate surface area is 101 Å². The third-order valence-corrected chi connectivity index (χ3v) is 3.29. The van der Waals surface area contributed by atoms with E-state index in [9.17, 15) is 4.79 Å². The highest BCUT2D eigenvalue weighted by Gasteiger charge is 2.24. The number of hydrogen-bond acceptors (Lipinski definition) is 4. The number of pyridine rings is 1. The van der Waals surface area contributed by atoms with E-state index in [0.717, 1.165) is 25.3 Å². The molecule has 1 aliphatic heterocycles. The van der Waals surface area contributed by atoms with Crippen molar-refractivity contribution < 1.29 is 9.90 Å². The number of rotatable bonds is 2. The van der Waals surface area contributed by atoms with Crippen LogP contribution < -0.4 is 4.90 Å². The maximum atomic E-state index is 11.1. The van der Waals surface area contributed by atoms with Crippen LogP contribution in [0.3, 0.4) is 0 Å². The molecule has 17 heavy (non-hydrogen) atoms. The van der Waals surface area contributed by atoms with Gasteiger partial charge in [-0.2, -0.15) is 0 Å². The second-order valence-corrected chi connectivity index (χ2v) is 4.45. The van der Waals surface area contributed by atoms with E-state index in [1.165, 1.54) is 6.20 Å². The fourth-order valence-electron chi connectivity index (χ4n) is 2.08. The highest BCUT2D eigenvalue weighted by Crippen LogP contribution is 2.21. The molecular formula is C12H17N3O2. The molecule has 1 aromatic rings. The molecule has 0 spiro atoms. The van der Waals surface area contributed by atoms with E-state index < -0.39 is 5.97 Å². The van der Waals surface area contributed by atoms with Crippen LogP contribution in [-0.2, 0) is 0 Å². The number of nitrogens with zero attached hydrogens (tertiary/aromatic N) is 3. The Bertz CT molecular complexity index is 422. The monoisotopic (exact) mass is 235 g/mol. The van der Waals surface area contributed by atoms with Crippen LogP contribution in [0.1, 0.15) is 17.4 Å². The molecule has 0 aliphatic carbocycles. The first-order valence-electron chi connectivity index (χ1n) is 5.73. The Morgan fingerprint density at radius 1 is 1.53 bits per heavy atom. The van der Waals surface area contributed by atoms with Gasteiger partial charge >= 0.3 is 5.97 Å². The second kappa shape index (κ2) is 4.71. The molecule has 0 saturated carbocycles. The fraction of sp³-hybridized carbons (Fsp3) is 0.500. The second-order valence-electron chi connectivity index (χ2n) is 4.45. The van der Waals surface area contributed by atoms with Gasteiger partial charge in [0.25, 0.3) is 0 Å². The SMILES string of the molecule is CC1CN(c2cccnc2C(=O)O)CCN1C. The van der Waals surface area contributed by atoms with Gasteiger partial charge in [-0.25, -0.2) is 9.78 Å². The summed E-state index contributed by atoms with van der Waals surface area (Å²) in [5.41, 5.74) is 0.865. The minimum atomic E-state index is -0.966. The van der Waals surface area contributed by atoms with Crippen LogP contribution in [0.2, 0.25) is 0 Å². The normalized spacial score (nSPS) is 21.5. The van der Waals surface area contributed by atoms with Crippen LogP contribution in [0.5, 0.6) is 0 Å². The zero-order valence-corrected chi connectivity index (χ0v) is 10.1. The van der Waals surface area contributed by atoms with Crippen molar-refractivity contribution in [2.75, 3.05) is 31.6 Å². The summed E-state index contributed by atoms with van der Waals surface area (Å²) in [6, 6.07) is 4.03. The predicted octanol–water partition coefficient (Wildman–Crippen LogP) is 0.920. The lowest BCUT2D eigenvalue weighted by molar-refractivity contribution is 0.0691. The lowest BCUT2D eigenvalue weighted by atomic mass is 10.1. The average molecular weight is 235 g/mol. The number of piperazine rings is 1. The van der Waals surface area contributed by atoms with Crippen molar-refractivity contribution in [3.05, 3.63) is 24.0 Å². The van der Waals surface area contributed by atoms with Crippen LogP contribution in [0, 0.1) is 0 Å². The fourth-order valence-corrected chi connectivity index (χ4v) is 2.08. The van der Waals surface area contributed by atoms with Crippen molar-refractivity contribution in [1.29, 1.82) is 0 Å². The minimum Gasteiger partial charge on any atom is -0.476 e. The molecule has 0 bridgehead atoms. The Morgan fingerprint density at radius 2 is 2.29 bits per heavy atom. The molecule has 1 saturated heterocycles. The van der Waals surface area contributed by atoms with Gasteiger partial charge in [0.1, 0.15) is 0 Å². The van der Waals surface area contributed by atoms with Crippen LogP contribution in [0.25, 0.3) is 0 Å². The van der Waals surface area contributed by atoms with E-state index in [4.69, 9.17) is 5.11 Å². The summed E-state index contributed by atoms with van der Waals surface area (Å²) in [7, 11) is 2.09. The largest absolute Gasteiger partial charge is 0.476 e. The zero-order chi connectivity index (χ0) is 12.4. The van der Waals surface area contributed by atoms with Crippen LogP contribution in [0.15, 0.2) is 18.3 Å². The molecule has 1 aliphatic rings. The van der Waals surface area contributed by atoms with Crippen LogP contribution in [0.4, 0.5) is 5.69 Å². The van der Waals surface area contributed by atoms with Gasteiger partial charge in [-0.05, 0) is 26.1 Å². The molecule has 5 nitrogen and oxygen atoms in total. The van der Waals surface area contributed by atoms with Gasteiger partial charge in [0.2, 0.25) is 0 Å². The summed E-state index contributed by atoms with van der Waals surface area (Å²) in [6.45, 7) is 4.76. The van der Waals surface area contributed by atoms with E-state index in [2.05, 4.69) is 28.8 Å². The van der Waals surface area contributed by atoms with Crippen molar-refractivity contribution in [2.24, 2.45) is 0 Å². The predicted molar refractivity (Wildman–Crippen MR) is 65.5 cm³/mol. The van der Waals surface area contributed by atoms with Gasteiger partial charge in [0.15, 0.2) is 5.69 Å². The zero-order valence-electron chi connectivity index (χ0n) is 10.1. The summed E-state index contributed by atoms with van der Waals surface area (Å²) < 4.78 is 0. The standard InChI is InChI=1S/C12H17N3O2/c1-9-8-15(7-6-14(9)2)10-4-3-5-13-11(10)12(16)17/h3-5,9H,6-8H2,1-2H3,(H,16,17). The third-order valence-electron chi connectivity index (χ3n) is 3.29. The Balaban J connectivity index is 2.25. The van der Waals surface area contributed by atoms with Crippen molar-refractivity contribution >= 4 is 11.7 Å². The lowest BCUT2D eigenvalue weighted by Gasteiger charge is -2.39. The lowest BCUT2D eigenvalue weighted by Crippen LogP contribution is -2.50. The van der Waals surface area contributed by atoms with Gasteiger partial charge in [-0.1, -0.05) is 0 Å². The van der Waals surface area contributed by atoms with Crippen LogP contribution >= 0.6 is 0 Å². The Morgan fingerprint density at radius 3 is 2.94 bits per heavy atom. The summed E-state index contributed by atoms with van der Waals surface area (Å²) in [6.07, 6.45) is 1.52. The number of anilines is 1. The van der Waals surface area contributed by atoms with Crippen LogP contribution in [-0.4, -0.2) is 53.7 Å². The first-order valence-corrected chi connectivity index (χ1v) is 5.73. The number of aromatic nitrogens is 1. The maximum absolute atomic E-state index is 11.1. The highest BCUT2D eigenvalue weighted by molar-refractivity contribution is 5.92. The quantitative estimate of drug-likeness (QED) is 0.826. The number of carbonyl (C=O) groups is 1. The molecule has 1 N–H and O–H groups in total. The van der Waals surface area contributed by atoms with Crippen molar-refractivity contribution in [3.63, 3.8) is 0 Å². The number of aromatic carboxylic acids is 1. The molecule has 2 rings (SSSR count). The van der Waals surface area contributed by atoms with E-state index in [1.807, 2.05) is 6.07 Å². The first kappa shape index (κ1) is 11.9. The molecule has 0 aromatic carbocycles. The molecule has 2 heterocycles. The topological polar surface area (TPSA) is 56.7 Å². The van der Waals surface area contributed by atoms with E-state index in [-0.39, 0.29) is 5.69 Å². The molecule has 0 radical (unpaired) electrons. The molecule has 1 atom stereocenters. The summed E-state index contributed by atoms with van der Waals surface area (Å²) >= 11 is 0. The third kappa shape index (κ3) is 2.39. The number of likely N-dealkylation sites (N-methyl/N-ethyl adjacent to an activating group) is 1. The summed E-state index contributed by atoms with van der Waals surface area (Å²) in [5, 5.41) is 9.11. The van der Waals surface area contributed by atoms with Crippen molar-refractivity contribution in [3.8, 4) is 0 Å². The number of carboxylic acid groups (broad SMARTS) is 1.